The van der Waals surface area contributed by atoms with Crippen molar-refractivity contribution < 1.29 is 0 Å². The van der Waals surface area contributed by atoms with E-state index in [1.807, 2.05) is 0 Å². The molecule has 1 unspecified atom stereocenters. The molecule has 5 rings (SSSR count). The second-order valence-corrected chi connectivity index (χ2v) is 8.86. The summed E-state index contributed by atoms with van der Waals surface area (Å²) in [5, 5.41) is 0. The standard InChI is InChI=1S/C34H31N/c1-3-29-30(4-2)35-34(28-23-15-8-16-24-28)33(27-21-13-7-14-22-27)32(26-19-11-6-12-20-26)31(29)25-17-9-5-10-18-25/h5-24,33H,3-4H2,1-2H3. The highest BCUT2D eigenvalue weighted by atomic mass is 14.8. The summed E-state index contributed by atoms with van der Waals surface area (Å²) in [7, 11) is 0. The number of aliphatic imine (C=N–C) groups is 1. The monoisotopic (exact) mass is 453 g/mol. The molecule has 0 aromatic heterocycles. The zero-order valence-electron chi connectivity index (χ0n) is 20.5. The third-order valence-electron chi connectivity index (χ3n) is 6.78. The van der Waals surface area contributed by atoms with Gasteiger partial charge in [-0.3, -0.25) is 4.99 Å². The molecule has 1 heterocycles. The molecule has 0 aliphatic carbocycles. The van der Waals surface area contributed by atoms with Crippen molar-refractivity contribution >= 4 is 16.9 Å². The molecule has 35 heavy (non-hydrogen) atoms. The highest BCUT2D eigenvalue weighted by Gasteiger charge is 2.32. The van der Waals surface area contributed by atoms with Gasteiger partial charge in [0.2, 0.25) is 0 Å². The van der Waals surface area contributed by atoms with Gasteiger partial charge in [-0.15, -0.1) is 0 Å². The molecule has 1 heteroatoms. The first-order chi connectivity index (χ1) is 17.3. The van der Waals surface area contributed by atoms with Crippen LogP contribution in [0.4, 0.5) is 0 Å². The quantitative estimate of drug-likeness (QED) is 0.276. The molecule has 4 aromatic rings. The first-order valence-corrected chi connectivity index (χ1v) is 12.6. The number of hydrogen-bond acceptors (Lipinski definition) is 1. The van der Waals surface area contributed by atoms with Crippen LogP contribution in [0.2, 0.25) is 0 Å². The lowest BCUT2D eigenvalue weighted by molar-refractivity contribution is 0.998. The van der Waals surface area contributed by atoms with Crippen LogP contribution in [0.15, 0.2) is 138 Å². The zero-order chi connectivity index (χ0) is 24.0. The minimum atomic E-state index is 0.00167. The highest BCUT2D eigenvalue weighted by Crippen LogP contribution is 2.47. The van der Waals surface area contributed by atoms with E-state index in [-0.39, 0.29) is 5.92 Å². The van der Waals surface area contributed by atoms with E-state index < -0.39 is 0 Å². The van der Waals surface area contributed by atoms with E-state index in [9.17, 15) is 0 Å². The summed E-state index contributed by atoms with van der Waals surface area (Å²) in [5.41, 5.74) is 11.2. The third kappa shape index (κ3) is 4.55. The fraction of sp³-hybridized carbons (Fsp3) is 0.147. The van der Waals surface area contributed by atoms with Crippen LogP contribution in [0, 0.1) is 0 Å². The number of hydrogen-bond donors (Lipinski definition) is 0. The Hall–Kier alpha value is -3.97. The summed E-state index contributed by atoms with van der Waals surface area (Å²) >= 11 is 0. The lowest BCUT2D eigenvalue weighted by atomic mass is 9.76. The minimum absolute atomic E-state index is 0.00167. The van der Waals surface area contributed by atoms with E-state index in [0.29, 0.717) is 0 Å². The Morgan fingerprint density at radius 2 is 1.03 bits per heavy atom. The molecule has 0 fully saturated rings. The third-order valence-corrected chi connectivity index (χ3v) is 6.78. The van der Waals surface area contributed by atoms with Crippen molar-refractivity contribution in [2.45, 2.75) is 32.6 Å². The molecular formula is C34H31N. The fourth-order valence-corrected chi connectivity index (χ4v) is 5.21. The summed E-state index contributed by atoms with van der Waals surface area (Å²) in [6, 6.07) is 43.3. The molecule has 1 atom stereocenters. The zero-order valence-corrected chi connectivity index (χ0v) is 20.5. The van der Waals surface area contributed by atoms with Crippen molar-refractivity contribution in [1.29, 1.82) is 0 Å². The molecule has 0 saturated heterocycles. The first kappa shape index (κ1) is 22.8. The SMILES string of the molecule is CCC1=C(CC)C(c2ccccc2)=C(c2ccccc2)C(c2ccccc2)C(c2ccccc2)=N1. The van der Waals surface area contributed by atoms with Gasteiger partial charge in [0.1, 0.15) is 0 Å². The number of allylic oxidation sites excluding steroid dienone is 4. The van der Waals surface area contributed by atoms with Gasteiger partial charge < -0.3 is 0 Å². The average Bonchev–Trinajstić information content (AvgIpc) is 3.09. The summed E-state index contributed by atoms with van der Waals surface area (Å²) in [6.45, 7) is 4.49. The molecular weight excluding hydrogens is 422 g/mol. The molecule has 0 spiro atoms. The second kappa shape index (κ2) is 10.5. The van der Waals surface area contributed by atoms with Crippen LogP contribution in [0.25, 0.3) is 11.1 Å². The number of rotatable bonds is 6. The average molecular weight is 454 g/mol. The molecule has 172 valence electrons. The van der Waals surface area contributed by atoms with Crippen molar-refractivity contribution in [2.75, 3.05) is 0 Å². The molecule has 1 nitrogen and oxygen atoms in total. The topological polar surface area (TPSA) is 12.4 Å². The van der Waals surface area contributed by atoms with E-state index >= 15 is 0 Å². The van der Waals surface area contributed by atoms with Gasteiger partial charge in [-0.2, -0.15) is 0 Å². The molecule has 0 N–H and O–H groups in total. The van der Waals surface area contributed by atoms with Gasteiger partial charge >= 0.3 is 0 Å². The van der Waals surface area contributed by atoms with Crippen LogP contribution in [0.1, 0.15) is 54.9 Å². The van der Waals surface area contributed by atoms with E-state index in [1.54, 1.807) is 0 Å². The maximum atomic E-state index is 5.48. The van der Waals surface area contributed by atoms with Crippen LogP contribution in [-0.4, -0.2) is 5.71 Å². The molecule has 0 amide bonds. The normalized spacial score (nSPS) is 16.2. The van der Waals surface area contributed by atoms with Gasteiger partial charge in [-0.1, -0.05) is 135 Å². The van der Waals surface area contributed by atoms with Gasteiger partial charge in [0.15, 0.2) is 0 Å². The fourth-order valence-electron chi connectivity index (χ4n) is 5.21. The van der Waals surface area contributed by atoms with Gasteiger partial charge in [-0.25, -0.2) is 0 Å². The first-order valence-electron chi connectivity index (χ1n) is 12.6. The van der Waals surface area contributed by atoms with Gasteiger partial charge in [0, 0.05) is 5.70 Å². The van der Waals surface area contributed by atoms with E-state index in [0.717, 1.165) is 18.6 Å². The van der Waals surface area contributed by atoms with Crippen molar-refractivity contribution in [3.8, 4) is 0 Å². The maximum Gasteiger partial charge on any atom is 0.0598 e. The van der Waals surface area contributed by atoms with Crippen LogP contribution in [0.5, 0.6) is 0 Å². The Morgan fingerprint density at radius 3 is 1.54 bits per heavy atom. The largest absolute Gasteiger partial charge is 0.256 e. The second-order valence-electron chi connectivity index (χ2n) is 8.86. The van der Waals surface area contributed by atoms with Crippen LogP contribution in [-0.2, 0) is 0 Å². The molecule has 1 aliphatic heterocycles. The lowest BCUT2D eigenvalue weighted by Crippen LogP contribution is -2.17. The Morgan fingerprint density at radius 1 is 0.543 bits per heavy atom. The van der Waals surface area contributed by atoms with Gasteiger partial charge in [0.25, 0.3) is 0 Å². The smallest absolute Gasteiger partial charge is 0.0598 e. The van der Waals surface area contributed by atoms with Gasteiger partial charge in [0.05, 0.1) is 11.6 Å². The van der Waals surface area contributed by atoms with Crippen molar-refractivity contribution in [2.24, 2.45) is 4.99 Å². The molecule has 4 aromatic carbocycles. The summed E-state index contributed by atoms with van der Waals surface area (Å²) in [6.07, 6.45) is 1.82. The van der Waals surface area contributed by atoms with Crippen molar-refractivity contribution in [1.82, 2.24) is 0 Å². The van der Waals surface area contributed by atoms with Gasteiger partial charge in [-0.05, 0) is 51.8 Å². The summed E-state index contributed by atoms with van der Waals surface area (Å²) in [5.74, 6) is 0.00167. The Kier molecular flexibility index (Phi) is 6.86. The Labute approximate surface area is 209 Å². The van der Waals surface area contributed by atoms with E-state index in [2.05, 4.69) is 135 Å². The lowest BCUT2D eigenvalue weighted by Gasteiger charge is -2.26. The van der Waals surface area contributed by atoms with Crippen molar-refractivity contribution in [3.05, 3.63) is 155 Å². The Balaban J connectivity index is 1.95. The van der Waals surface area contributed by atoms with Crippen molar-refractivity contribution in [3.63, 3.8) is 0 Å². The molecule has 1 aliphatic rings. The summed E-state index contributed by atoms with van der Waals surface area (Å²) in [4.78, 5) is 5.48. The minimum Gasteiger partial charge on any atom is -0.256 e. The Bertz CT molecular complexity index is 1360. The summed E-state index contributed by atoms with van der Waals surface area (Å²) < 4.78 is 0. The molecule has 0 radical (unpaired) electrons. The predicted molar refractivity (Wildman–Crippen MR) is 149 cm³/mol. The highest BCUT2D eigenvalue weighted by molar-refractivity contribution is 6.18. The van der Waals surface area contributed by atoms with E-state index in [4.69, 9.17) is 4.99 Å². The van der Waals surface area contributed by atoms with Crippen LogP contribution >= 0.6 is 0 Å². The molecule has 0 saturated carbocycles. The van der Waals surface area contributed by atoms with Crippen LogP contribution in [0.3, 0.4) is 0 Å². The maximum absolute atomic E-state index is 5.48. The number of nitrogens with zero attached hydrogens (tertiary/aromatic N) is 1. The van der Waals surface area contributed by atoms with E-state index in [1.165, 1.54) is 44.7 Å². The van der Waals surface area contributed by atoms with Crippen LogP contribution < -0.4 is 0 Å². The molecule has 0 bridgehead atoms. The number of benzene rings is 4. The predicted octanol–water partition coefficient (Wildman–Crippen LogP) is 8.96.